The van der Waals surface area contributed by atoms with Crippen LogP contribution in [0.4, 0.5) is 4.79 Å². The fourth-order valence-corrected chi connectivity index (χ4v) is 1.51. The summed E-state index contributed by atoms with van der Waals surface area (Å²) in [5.74, 6) is -0.683. The van der Waals surface area contributed by atoms with E-state index in [-0.39, 0.29) is 16.8 Å². The third-order valence-corrected chi connectivity index (χ3v) is 2.37. The Balaban J connectivity index is 2.57. The van der Waals surface area contributed by atoms with Gasteiger partial charge in [-0.05, 0) is 0 Å². The summed E-state index contributed by atoms with van der Waals surface area (Å²) in [5.41, 5.74) is 2.14. The predicted molar refractivity (Wildman–Crippen MR) is 62.6 cm³/mol. The van der Waals surface area contributed by atoms with Gasteiger partial charge in [0.25, 0.3) is 5.56 Å². The molecule has 2 N–H and O–H groups in total. The van der Waals surface area contributed by atoms with E-state index in [2.05, 4.69) is 25.1 Å². The summed E-state index contributed by atoms with van der Waals surface area (Å²) in [4.78, 5) is 34.2. The second kappa shape index (κ2) is 4.80. The van der Waals surface area contributed by atoms with Gasteiger partial charge in [-0.15, -0.1) is 0 Å². The summed E-state index contributed by atoms with van der Waals surface area (Å²) in [7, 11) is 2.39. The van der Waals surface area contributed by atoms with Crippen molar-refractivity contribution in [3.63, 3.8) is 0 Å². The minimum atomic E-state index is -0.754. The molecule has 9 nitrogen and oxygen atoms in total. The molecule has 0 fully saturated rings. The number of hydrogen-bond donors (Lipinski definition) is 2. The Labute approximate surface area is 106 Å². The van der Waals surface area contributed by atoms with Crippen molar-refractivity contribution in [1.29, 1.82) is 0 Å². The lowest BCUT2D eigenvalue weighted by Gasteiger charge is -2.11. The van der Waals surface area contributed by atoms with E-state index in [0.29, 0.717) is 0 Å². The summed E-state index contributed by atoms with van der Waals surface area (Å²) < 4.78 is 10.1. The molecule has 100 valence electrons. The number of methoxy groups -OCH3 is 2. The molecule has 0 aromatic rings. The lowest BCUT2D eigenvalue weighted by atomic mass is 10.1. The van der Waals surface area contributed by atoms with Crippen LogP contribution in [0.1, 0.15) is 10.4 Å². The molecule has 0 spiro atoms. The molecule has 2 heterocycles. The first-order valence-electron chi connectivity index (χ1n) is 5.10. The topological polar surface area (TPSA) is 115 Å². The van der Waals surface area contributed by atoms with Gasteiger partial charge >= 0.3 is 12.1 Å². The van der Waals surface area contributed by atoms with Gasteiger partial charge in [-0.1, -0.05) is 0 Å². The molecule has 0 aromatic heterocycles. The molecule has 19 heavy (non-hydrogen) atoms. The highest BCUT2D eigenvalue weighted by molar-refractivity contribution is 5.96. The van der Waals surface area contributed by atoms with Crippen LogP contribution in [0, 0.1) is 0 Å². The van der Waals surface area contributed by atoms with Crippen LogP contribution >= 0.6 is 0 Å². The molecule has 2 aliphatic heterocycles. The van der Waals surface area contributed by atoms with Crippen LogP contribution in [0.15, 0.2) is 17.2 Å². The molecule has 0 saturated heterocycles. The largest absolute Gasteiger partial charge is 0.465 e. The number of rotatable bonds is 2. The standard InChI is InChI=1S/C10H10N4O5/c1-18-9(16)6-4-14(13-10(17)19-2)3-5-7(6)11-12-8(5)15/h3-4H,1-2H3,(H,12,15)(H,13,17). The van der Waals surface area contributed by atoms with Crippen LogP contribution in [0.25, 0.3) is 11.3 Å². The molecule has 9 heteroatoms. The smallest absolute Gasteiger partial charge is 0.426 e. The van der Waals surface area contributed by atoms with Crippen molar-refractivity contribution in [2.24, 2.45) is 0 Å². The summed E-state index contributed by atoms with van der Waals surface area (Å²) in [6.45, 7) is 0. The lowest BCUT2D eigenvalue weighted by Crippen LogP contribution is -2.24. The zero-order valence-electron chi connectivity index (χ0n) is 10.1. The molecule has 0 unspecified atom stereocenters. The molecule has 2 rings (SSSR count). The Morgan fingerprint density at radius 1 is 1.32 bits per heavy atom. The maximum atomic E-state index is 11.6. The van der Waals surface area contributed by atoms with Gasteiger partial charge in [-0.2, -0.15) is 5.10 Å². The minimum Gasteiger partial charge on any atom is -0.465 e. The number of nitrogens with zero attached hydrogens (tertiary/aromatic N) is 2. The second-order valence-corrected chi connectivity index (χ2v) is 3.49. The highest BCUT2D eigenvalue weighted by Crippen LogP contribution is 2.19. The van der Waals surface area contributed by atoms with Crippen molar-refractivity contribution in [2.75, 3.05) is 19.6 Å². The molecular weight excluding hydrogens is 256 g/mol. The summed E-state index contributed by atoms with van der Waals surface area (Å²) >= 11 is 0. The third-order valence-electron chi connectivity index (χ3n) is 2.37. The van der Waals surface area contributed by atoms with E-state index >= 15 is 0 Å². The highest BCUT2D eigenvalue weighted by Gasteiger charge is 2.22. The molecule has 0 saturated carbocycles. The Hall–Kier alpha value is -2.84. The van der Waals surface area contributed by atoms with Crippen molar-refractivity contribution in [3.05, 3.63) is 28.3 Å². The molecule has 0 atom stereocenters. The normalized spacial score (nSPS) is 10.2. The van der Waals surface area contributed by atoms with Crippen LogP contribution in [-0.4, -0.2) is 41.2 Å². The predicted octanol–water partition coefficient (Wildman–Crippen LogP) is -0.227. The van der Waals surface area contributed by atoms with Crippen molar-refractivity contribution in [1.82, 2.24) is 14.9 Å². The van der Waals surface area contributed by atoms with Gasteiger partial charge in [0.1, 0.15) is 11.3 Å². The summed E-state index contributed by atoms with van der Waals surface area (Å²) in [6, 6.07) is 0. The number of hydrogen-bond acceptors (Lipinski definition) is 6. The van der Waals surface area contributed by atoms with Crippen molar-refractivity contribution in [2.45, 2.75) is 0 Å². The van der Waals surface area contributed by atoms with Crippen LogP contribution < -0.4 is 11.0 Å². The Kier molecular flexibility index (Phi) is 3.19. The average molecular weight is 266 g/mol. The van der Waals surface area contributed by atoms with Crippen LogP contribution in [0.3, 0.4) is 0 Å². The molecule has 1 amide bonds. The fraction of sp³-hybridized carbons (Fsp3) is 0.200. The van der Waals surface area contributed by atoms with E-state index in [1.807, 2.05) is 0 Å². The first-order chi connectivity index (χ1) is 9.06. The first kappa shape index (κ1) is 12.6. The fourth-order valence-electron chi connectivity index (χ4n) is 1.51. The number of aromatic nitrogens is 3. The number of ether oxygens (including phenoxy) is 2. The molecule has 2 aliphatic rings. The lowest BCUT2D eigenvalue weighted by molar-refractivity contribution is 0.0600. The second-order valence-electron chi connectivity index (χ2n) is 3.49. The van der Waals surface area contributed by atoms with Crippen LogP contribution in [0.2, 0.25) is 0 Å². The molecular formula is C10H10N4O5. The van der Waals surface area contributed by atoms with Crippen LogP contribution in [-0.2, 0) is 9.47 Å². The van der Waals surface area contributed by atoms with E-state index in [4.69, 9.17) is 0 Å². The number of carbonyl (C=O) groups is 2. The van der Waals surface area contributed by atoms with E-state index in [1.54, 1.807) is 0 Å². The minimum absolute atomic E-state index is 0.0368. The van der Waals surface area contributed by atoms with Crippen molar-refractivity contribution in [3.8, 4) is 11.3 Å². The molecule has 0 radical (unpaired) electrons. The number of amides is 1. The molecule has 0 aromatic carbocycles. The van der Waals surface area contributed by atoms with E-state index in [9.17, 15) is 14.4 Å². The van der Waals surface area contributed by atoms with Crippen molar-refractivity contribution < 1.29 is 19.1 Å². The summed E-state index contributed by atoms with van der Waals surface area (Å²) in [5, 5.41) is 5.95. The van der Waals surface area contributed by atoms with E-state index in [0.717, 1.165) is 4.68 Å². The maximum absolute atomic E-state index is 11.6. The number of nitrogens with one attached hydrogen (secondary N) is 2. The van der Waals surface area contributed by atoms with E-state index in [1.165, 1.54) is 26.6 Å². The highest BCUT2D eigenvalue weighted by atomic mass is 16.5. The van der Waals surface area contributed by atoms with Crippen molar-refractivity contribution >= 4 is 12.1 Å². The van der Waals surface area contributed by atoms with E-state index < -0.39 is 17.6 Å². The van der Waals surface area contributed by atoms with Gasteiger partial charge in [0.15, 0.2) is 0 Å². The third kappa shape index (κ3) is 2.25. The Bertz CT molecular complexity index is 658. The first-order valence-corrected chi connectivity index (χ1v) is 5.10. The summed E-state index contributed by atoms with van der Waals surface area (Å²) in [6.07, 6.45) is 1.83. The number of H-pyrrole nitrogens is 1. The zero-order valence-corrected chi connectivity index (χ0v) is 10.1. The average Bonchev–Trinajstić information content (AvgIpc) is 2.78. The van der Waals surface area contributed by atoms with Gasteiger partial charge < -0.3 is 9.47 Å². The number of esters is 1. The Morgan fingerprint density at radius 2 is 2.05 bits per heavy atom. The number of fused-ring (bicyclic) bond motifs is 1. The maximum Gasteiger partial charge on any atom is 0.426 e. The van der Waals surface area contributed by atoms with Gasteiger partial charge in [-0.3, -0.25) is 9.47 Å². The number of carbonyl (C=O) groups excluding carboxylic acids is 2. The van der Waals surface area contributed by atoms with Gasteiger partial charge in [0, 0.05) is 12.4 Å². The van der Waals surface area contributed by atoms with Gasteiger partial charge in [0.2, 0.25) is 0 Å². The van der Waals surface area contributed by atoms with Crippen LogP contribution in [0.5, 0.6) is 0 Å². The molecule has 0 bridgehead atoms. The zero-order chi connectivity index (χ0) is 14.0. The quantitative estimate of drug-likeness (QED) is 0.725. The number of aromatic amines is 1. The van der Waals surface area contributed by atoms with Gasteiger partial charge in [0.05, 0.1) is 19.8 Å². The monoisotopic (exact) mass is 266 g/mol. The molecule has 0 aliphatic carbocycles. The van der Waals surface area contributed by atoms with Gasteiger partial charge in [-0.25, -0.2) is 20.1 Å². The Morgan fingerprint density at radius 3 is 2.68 bits per heavy atom. The number of pyridine rings is 1. The SMILES string of the molecule is COC(=O)Nn1cc(C(=O)OC)c2n[nH]c(=O)c-2c1.